The highest BCUT2D eigenvalue weighted by molar-refractivity contribution is 6.30. The Balaban J connectivity index is 2.25. The van der Waals surface area contributed by atoms with E-state index in [2.05, 4.69) is 5.32 Å². The molecule has 3 atom stereocenters. The number of carboxylic acid groups (broad SMARTS) is 1. The van der Waals surface area contributed by atoms with Crippen LogP contribution < -0.4 is 5.32 Å². The van der Waals surface area contributed by atoms with Crippen molar-refractivity contribution in [1.29, 1.82) is 0 Å². The van der Waals surface area contributed by atoms with E-state index in [-0.39, 0.29) is 30.0 Å². The van der Waals surface area contributed by atoms with Crippen molar-refractivity contribution in [2.75, 3.05) is 0 Å². The van der Waals surface area contributed by atoms with Crippen molar-refractivity contribution in [3.8, 4) is 0 Å². The maximum absolute atomic E-state index is 13.3. The van der Waals surface area contributed by atoms with E-state index < -0.39 is 12.0 Å². The first kappa shape index (κ1) is 20.9. The Hall–Kier alpha value is -2.40. The van der Waals surface area contributed by atoms with Crippen LogP contribution in [-0.4, -0.2) is 23.0 Å². The molecule has 2 aromatic carbocycles. The Morgan fingerprint density at radius 2 is 1.59 bits per heavy atom. The van der Waals surface area contributed by atoms with Gasteiger partial charge in [0.1, 0.15) is 11.9 Å². The number of benzene rings is 2. The van der Waals surface area contributed by atoms with Gasteiger partial charge in [-0.05, 0) is 41.3 Å². The monoisotopic (exact) mass is 391 g/mol. The fraction of sp³-hybridized carbons (Fsp3) is 0.333. The minimum atomic E-state index is -1.05. The van der Waals surface area contributed by atoms with Crippen molar-refractivity contribution in [1.82, 2.24) is 5.32 Å². The van der Waals surface area contributed by atoms with E-state index in [1.165, 1.54) is 12.1 Å². The lowest BCUT2D eigenvalue weighted by Crippen LogP contribution is -2.45. The molecule has 0 aromatic heterocycles. The summed E-state index contributed by atoms with van der Waals surface area (Å²) in [4.78, 5) is 24.1. The lowest BCUT2D eigenvalue weighted by molar-refractivity contribution is -0.143. The van der Waals surface area contributed by atoms with Gasteiger partial charge in [0.05, 0.1) is 0 Å². The van der Waals surface area contributed by atoms with Gasteiger partial charge in [0, 0.05) is 17.4 Å². The van der Waals surface area contributed by atoms with Gasteiger partial charge in [-0.15, -0.1) is 0 Å². The van der Waals surface area contributed by atoms with Crippen LogP contribution in [0.15, 0.2) is 48.5 Å². The fourth-order valence-electron chi connectivity index (χ4n) is 2.92. The molecule has 2 aromatic rings. The van der Waals surface area contributed by atoms with Gasteiger partial charge >= 0.3 is 5.97 Å². The molecule has 144 valence electrons. The lowest BCUT2D eigenvalue weighted by atomic mass is 9.88. The molecule has 0 aliphatic carbocycles. The average Bonchev–Trinajstić information content (AvgIpc) is 2.65. The van der Waals surface area contributed by atoms with Gasteiger partial charge in [0.25, 0.3) is 0 Å². The molecule has 2 N–H and O–H groups in total. The third-order valence-electron chi connectivity index (χ3n) is 4.73. The summed E-state index contributed by atoms with van der Waals surface area (Å²) in [6.45, 7) is 3.66. The molecular weight excluding hydrogens is 369 g/mol. The molecule has 27 heavy (non-hydrogen) atoms. The number of aliphatic carboxylic acids is 1. The summed E-state index contributed by atoms with van der Waals surface area (Å²) in [5, 5.41) is 12.6. The summed E-state index contributed by atoms with van der Waals surface area (Å²) in [5.74, 6) is -2.31. The molecule has 0 heterocycles. The van der Waals surface area contributed by atoms with E-state index in [0.717, 1.165) is 11.1 Å². The first-order chi connectivity index (χ1) is 12.8. The molecule has 0 saturated carbocycles. The largest absolute Gasteiger partial charge is 0.480 e. The summed E-state index contributed by atoms with van der Waals surface area (Å²) in [6, 6.07) is 12.1. The molecule has 0 spiro atoms. The molecule has 1 amide bonds. The maximum atomic E-state index is 13.3. The van der Waals surface area contributed by atoms with Gasteiger partial charge < -0.3 is 10.4 Å². The van der Waals surface area contributed by atoms with Crippen LogP contribution >= 0.6 is 11.6 Å². The number of nitrogens with one attached hydrogen (secondary N) is 1. The number of halogens is 2. The SMILES string of the molecule is CCC(C)C(NC(=O)CC(c1ccc(F)cc1)c1ccc(Cl)cc1)C(=O)O. The maximum Gasteiger partial charge on any atom is 0.326 e. The molecular formula is C21H23ClFNO3. The van der Waals surface area contributed by atoms with E-state index in [1.807, 2.05) is 19.1 Å². The van der Waals surface area contributed by atoms with Crippen molar-refractivity contribution in [3.63, 3.8) is 0 Å². The Kier molecular flexibility index (Phi) is 7.36. The van der Waals surface area contributed by atoms with E-state index >= 15 is 0 Å². The van der Waals surface area contributed by atoms with E-state index in [9.17, 15) is 19.1 Å². The van der Waals surface area contributed by atoms with Crippen molar-refractivity contribution in [2.24, 2.45) is 5.92 Å². The second-order valence-electron chi connectivity index (χ2n) is 6.63. The van der Waals surface area contributed by atoms with Gasteiger partial charge in [-0.1, -0.05) is 56.1 Å². The van der Waals surface area contributed by atoms with Crippen LogP contribution in [0.2, 0.25) is 5.02 Å². The molecule has 0 radical (unpaired) electrons. The Labute approximate surface area is 163 Å². The van der Waals surface area contributed by atoms with E-state index in [4.69, 9.17) is 11.6 Å². The lowest BCUT2D eigenvalue weighted by Gasteiger charge is -2.23. The predicted octanol–water partition coefficient (Wildman–Crippen LogP) is 4.62. The van der Waals surface area contributed by atoms with Crippen LogP contribution in [0.5, 0.6) is 0 Å². The first-order valence-electron chi connectivity index (χ1n) is 8.85. The van der Waals surface area contributed by atoms with Gasteiger partial charge in [0.15, 0.2) is 0 Å². The summed E-state index contributed by atoms with van der Waals surface area (Å²) in [5.41, 5.74) is 1.61. The van der Waals surface area contributed by atoms with Crippen molar-refractivity contribution < 1.29 is 19.1 Å². The number of amides is 1. The second kappa shape index (κ2) is 9.51. The van der Waals surface area contributed by atoms with Crippen molar-refractivity contribution in [2.45, 2.75) is 38.6 Å². The Morgan fingerprint density at radius 1 is 1.07 bits per heavy atom. The Bertz CT molecular complexity index is 732. The number of carbonyl (C=O) groups is 2. The van der Waals surface area contributed by atoms with E-state index in [1.54, 1.807) is 31.2 Å². The molecule has 4 nitrogen and oxygen atoms in total. The number of hydrogen-bond acceptors (Lipinski definition) is 2. The zero-order valence-corrected chi connectivity index (χ0v) is 16.0. The third-order valence-corrected chi connectivity index (χ3v) is 4.98. The highest BCUT2D eigenvalue weighted by Crippen LogP contribution is 2.29. The number of carbonyl (C=O) groups excluding carboxylic acids is 1. The Morgan fingerprint density at radius 3 is 2.07 bits per heavy atom. The smallest absolute Gasteiger partial charge is 0.326 e. The molecule has 6 heteroatoms. The minimum absolute atomic E-state index is 0.0491. The van der Waals surface area contributed by atoms with Gasteiger partial charge in [-0.25, -0.2) is 9.18 Å². The standard InChI is InChI=1S/C21H23ClFNO3/c1-3-13(2)20(21(26)27)24-19(25)12-18(14-4-8-16(22)9-5-14)15-6-10-17(23)11-7-15/h4-11,13,18,20H,3,12H2,1-2H3,(H,24,25)(H,26,27). The minimum Gasteiger partial charge on any atom is -0.480 e. The predicted molar refractivity (Wildman–Crippen MR) is 103 cm³/mol. The second-order valence-corrected chi connectivity index (χ2v) is 7.07. The number of hydrogen-bond donors (Lipinski definition) is 2. The summed E-state index contributed by atoms with van der Waals surface area (Å²) in [7, 11) is 0. The first-order valence-corrected chi connectivity index (χ1v) is 9.22. The molecule has 0 fully saturated rings. The summed E-state index contributed by atoms with van der Waals surface area (Å²) in [6.07, 6.45) is 0.684. The molecule has 0 saturated heterocycles. The van der Waals surface area contributed by atoms with Crippen LogP contribution in [0, 0.1) is 11.7 Å². The van der Waals surface area contributed by atoms with Crippen LogP contribution in [-0.2, 0) is 9.59 Å². The molecule has 2 rings (SSSR count). The summed E-state index contributed by atoms with van der Waals surface area (Å²) < 4.78 is 13.3. The molecule has 3 unspecified atom stereocenters. The normalized spacial score (nSPS) is 14.2. The van der Waals surface area contributed by atoms with Crippen molar-refractivity contribution >= 4 is 23.5 Å². The summed E-state index contributed by atoms with van der Waals surface area (Å²) >= 11 is 5.95. The van der Waals surface area contributed by atoms with Crippen LogP contribution in [0.3, 0.4) is 0 Å². The highest BCUT2D eigenvalue weighted by Gasteiger charge is 2.27. The van der Waals surface area contributed by atoms with E-state index in [0.29, 0.717) is 11.4 Å². The topological polar surface area (TPSA) is 66.4 Å². The van der Waals surface area contributed by atoms with Crippen molar-refractivity contribution in [3.05, 3.63) is 70.5 Å². The van der Waals surface area contributed by atoms with Gasteiger partial charge in [-0.2, -0.15) is 0 Å². The third kappa shape index (κ3) is 5.79. The van der Waals surface area contributed by atoms with Crippen LogP contribution in [0.1, 0.15) is 43.7 Å². The average molecular weight is 392 g/mol. The zero-order chi connectivity index (χ0) is 20.0. The van der Waals surface area contributed by atoms with Gasteiger partial charge in [-0.3, -0.25) is 4.79 Å². The van der Waals surface area contributed by atoms with Crippen LogP contribution in [0.4, 0.5) is 4.39 Å². The number of rotatable bonds is 8. The number of carboxylic acids is 1. The fourth-order valence-corrected chi connectivity index (χ4v) is 3.05. The molecule has 0 bridgehead atoms. The zero-order valence-electron chi connectivity index (χ0n) is 15.3. The molecule has 0 aliphatic heterocycles. The quantitative estimate of drug-likeness (QED) is 0.690. The highest BCUT2D eigenvalue weighted by atomic mass is 35.5. The molecule has 0 aliphatic rings. The van der Waals surface area contributed by atoms with Crippen LogP contribution in [0.25, 0.3) is 0 Å². The van der Waals surface area contributed by atoms with Gasteiger partial charge in [0.2, 0.25) is 5.91 Å².